The molecular weight excluding hydrogens is 366 g/mol. The van der Waals surface area contributed by atoms with Crippen LogP contribution in [-0.4, -0.2) is 41.2 Å². The molecule has 2 amide bonds. The lowest BCUT2D eigenvalue weighted by molar-refractivity contribution is -0.116. The molecule has 0 spiro atoms. The van der Waals surface area contributed by atoms with Crippen LogP contribution in [0.15, 0.2) is 30.5 Å². The second kappa shape index (κ2) is 6.84. The van der Waals surface area contributed by atoms with Crippen LogP contribution >= 0.6 is 11.3 Å². The van der Waals surface area contributed by atoms with Gasteiger partial charge in [-0.05, 0) is 12.1 Å². The molecule has 0 saturated carbocycles. The van der Waals surface area contributed by atoms with Gasteiger partial charge in [0.25, 0.3) is 5.91 Å². The van der Waals surface area contributed by atoms with E-state index < -0.39 is 0 Å². The van der Waals surface area contributed by atoms with Crippen molar-refractivity contribution >= 4 is 29.0 Å². The maximum absolute atomic E-state index is 12.2. The second-order valence-corrected chi connectivity index (χ2v) is 7.11. The van der Waals surface area contributed by atoms with Crippen LogP contribution < -0.4 is 15.4 Å². The maximum Gasteiger partial charge on any atom is 0.269 e. The van der Waals surface area contributed by atoms with E-state index in [1.54, 1.807) is 20.4 Å². The maximum atomic E-state index is 12.2. The van der Waals surface area contributed by atoms with E-state index in [9.17, 15) is 9.59 Å². The van der Waals surface area contributed by atoms with Gasteiger partial charge in [0.1, 0.15) is 16.5 Å². The first-order valence-corrected chi connectivity index (χ1v) is 9.12. The number of H-pyrrole nitrogens is 1. The van der Waals surface area contributed by atoms with E-state index in [1.807, 2.05) is 24.3 Å². The van der Waals surface area contributed by atoms with Crippen molar-refractivity contribution in [2.75, 3.05) is 19.5 Å². The molecule has 9 heteroatoms. The summed E-state index contributed by atoms with van der Waals surface area (Å²) in [6.45, 7) is 0. The number of nitrogens with one attached hydrogen (secondary N) is 3. The van der Waals surface area contributed by atoms with Crippen molar-refractivity contribution in [2.24, 2.45) is 0 Å². The lowest BCUT2D eigenvalue weighted by atomic mass is 9.90. The zero-order chi connectivity index (χ0) is 19.0. The standard InChI is InChI=1S/C18H17N5O3S/c1-19-17(25)15-14-11(7-13(24)21-16(14)23-22-15)12-8-20-18(27-12)9-4-3-5-10(6-9)26-2/h3-6,8,11H,7H2,1-2H3,(H,19,25)(H2,21,22,23,24). The molecule has 8 nitrogen and oxygen atoms in total. The van der Waals surface area contributed by atoms with Gasteiger partial charge in [-0.3, -0.25) is 14.7 Å². The van der Waals surface area contributed by atoms with Crippen molar-refractivity contribution in [1.82, 2.24) is 20.5 Å². The minimum Gasteiger partial charge on any atom is -0.497 e. The summed E-state index contributed by atoms with van der Waals surface area (Å²) in [5.74, 6) is 0.448. The Morgan fingerprint density at radius 3 is 3.04 bits per heavy atom. The summed E-state index contributed by atoms with van der Waals surface area (Å²) in [5, 5.41) is 13.0. The predicted octanol–water partition coefficient (Wildman–Crippen LogP) is 2.38. The monoisotopic (exact) mass is 383 g/mol. The van der Waals surface area contributed by atoms with Gasteiger partial charge in [-0.2, -0.15) is 5.10 Å². The van der Waals surface area contributed by atoms with Gasteiger partial charge in [-0.1, -0.05) is 12.1 Å². The van der Waals surface area contributed by atoms with Crippen molar-refractivity contribution in [1.29, 1.82) is 0 Å². The molecule has 1 aliphatic rings. The molecule has 4 rings (SSSR count). The minimum absolute atomic E-state index is 0.140. The fourth-order valence-electron chi connectivity index (χ4n) is 3.13. The number of hydrogen-bond donors (Lipinski definition) is 3. The Kier molecular flexibility index (Phi) is 4.36. The van der Waals surface area contributed by atoms with Crippen LogP contribution in [0.4, 0.5) is 5.82 Å². The van der Waals surface area contributed by atoms with Gasteiger partial charge < -0.3 is 15.4 Å². The number of fused-ring (bicyclic) bond motifs is 1. The number of anilines is 1. The van der Waals surface area contributed by atoms with Gasteiger partial charge in [-0.25, -0.2) is 4.98 Å². The van der Waals surface area contributed by atoms with E-state index in [2.05, 4.69) is 25.8 Å². The average Bonchev–Trinajstić information content (AvgIpc) is 3.34. The molecule has 1 unspecified atom stereocenters. The molecule has 2 aromatic heterocycles. The Labute approximate surface area is 159 Å². The minimum atomic E-state index is -0.281. The summed E-state index contributed by atoms with van der Waals surface area (Å²) in [4.78, 5) is 29.7. The number of ether oxygens (including phenoxy) is 1. The van der Waals surface area contributed by atoms with Crippen molar-refractivity contribution in [3.05, 3.63) is 46.6 Å². The van der Waals surface area contributed by atoms with E-state index >= 15 is 0 Å². The molecule has 1 aliphatic heterocycles. The van der Waals surface area contributed by atoms with Crippen LogP contribution in [0, 0.1) is 0 Å². The molecule has 0 saturated heterocycles. The molecule has 0 aliphatic carbocycles. The van der Waals surface area contributed by atoms with E-state index in [4.69, 9.17) is 4.74 Å². The number of rotatable bonds is 4. The van der Waals surface area contributed by atoms with Crippen LogP contribution in [0.25, 0.3) is 10.6 Å². The SMILES string of the molecule is CNC(=O)c1[nH]nc2c1C(c1cnc(-c3cccc(OC)c3)s1)CC(=O)N2. The number of amides is 2. The van der Waals surface area contributed by atoms with E-state index in [1.165, 1.54) is 11.3 Å². The molecule has 3 aromatic rings. The molecule has 3 N–H and O–H groups in total. The Balaban J connectivity index is 1.75. The lowest BCUT2D eigenvalue weighted by Crippen LogP contribution is -2.26. The summed E-state index contributed by atoms with van der Waals surface area (Å²) in [6, 6.07) is 7.64. The van der Waals surface area contributed by atoms with Crippen LogP contribution in [-0.2, 0) is 4.79 Å². The fraction of sp³-hybridized carbons (Fsp3) is 0.222. The van der Waals surface area contributed by atoms with Gasteiger partial charge in [0.05, 0.1) is 7.11 Å². The highest BCUT2D eigenvalue weighted by atomic mass is 32.1. The first kappa shape index (κ1) is 17.2. The lowest BCUT2D eigenvalue weighted by Gasteiger charge is -2.21. The number of carbonyl (C=O) groups excluding carboxylic acids is 2. The highest BCUT2D eigenvalue weighted by Gasteiger charge is 2.34. The molecule has 0 fully saturated rings. The number of benzene rings is 1. The Hall–Kier alpha value is -3.20. The van der Waals surface area contributed by atoms with Crippen molar-refractivity contribution in [2.45, 2.75) is 12.3 Å². The van der Waals surface area contributed by atoms with Crippen LogP contribution in [0.3, 0.4) is 0 Å². The quantitative estimate of drug-likeness (QED) is 0.641. The molecule has 3 heterocycles. The summed E-state index contributed by atoms with van der Waals surface area (Å²) in [7, 11) is 3.17. The average molecular weight is 383 g/mol. The predicted molar refractivity (Wildman–Crippen MR) is 101 cm³/mol. The van der Waals surface area contributed by atoms with Gasteiger partial charge in [-0.15, -0.1) is 11.3 Å². The van der Waals surface area contributed by atoms with Gasteiger partial charge >= 0.3 is 0 Å². The summed E-state index contributed by atoms with van der Waals surface area (Å²) < 4.78 is 5.27. The van der Waals surface area contributed by atoms with Crippen LogP contribution in [0.5, 0.6) is 5.75 Å². The number of carbonyl (C=O) groups is 2. The first-order valence-electron chi connectivity index (χ1n) is 8.31. The molecule has 1 atom stereocenters. The summed E-state index contributed by atoms with van der Waals surface area (Å²) >= 11 is 1.49. The van der Waals surface area contributed by atoms with E-state index in [0.717, 1.165) is 21.2 Å². The topological polar surface area (TPSA) is 109 Å². The third kappa shape index (κ3) is 3.06. The normalized spacial score (nSPS) is 15.8. The number of methoxy groups -OCH3 is 1. The number of nitrogens with zero attached hydrogens (tertiary/aromatic N) is 2. The van der Waals surface area contributed by atoms with Crippen molar-refractivity contribution < 1.29 is 14.3 Å². The Morgan fingerprint density at radius 2 is 2.26 bits per heavy atom. The number of aromatic amines is 1. The van der Waals surface area contributed by atoms with E-state index in [0.29, 0.717) is 17.1 Å². The van der Waals surface area contributed by atoms with Crippen molar-refractivity contribution in [3.63, 3.8) is 0 Å². The van der Waals surface area contributed by atoms with Crippen LogP contribution in [0.1, 0.15) is 33.3 Å². The Bertz CT molecular complexity index is 1030. The zero-order valence-corrected chi connectivity index (χ0v) is 15.5. The van der Waals surface area contributed by atoms with Gasteiger partial charge in [0.2, 0.25) is 5.91 Å². The van der Waals surface area contributed by atoms with Gasteiger partial charge in [0, 0.05) is 41.6 Å². The summed E-state index contributed by atoms with van der Waals surface area (Å²) in [5.41, 5.74) is 1.98. The molecule has 1 aromatic carbocycles. The molecule has 138 valence electrons. The number of hydrogen-bond acceptors (Lipinski definition) is 6. The Morgan fingerprint density at radius 1 is 1.41 bits per heavy atom. The largest absolute Gasteiger partial charge is 0.497 e. The fourth-order valence-corrected chi connectivity index (χ4v) is 4.16. The highest BCUT2D eigenvalue weighted by Crippen LogP contribution is 2.41. The third-order valence-electron chi connectivity index (χ3n) is 4.44. The first-order chi connectivity index (χ1) is 13.1. The van der Waals surface area contributed by atoms with E-state index in [-0.39, 0.29) is 24.2 Å². The summed E-state index contributed by atoms with van der Waals surface area (Å²) in [6.07, 6.45) is 1.99. The second-order valence-electron chi connectivity index (χ2n) is 6.04. The van der Waals surface area contributed by atoms with Crippen molar-refractivity contribution in [3.8, 4) is 16.3 Å². The van der Waals surface area contributed by atoms with Crippen LogP contribution in [0.2, 0.25) is 0 Å². The smallest absolute Gasteiger partial charge is 0.269 e. The molecule has 0 radical (unpaired) electrons. The zero-order valence-electron chi connectivity index (χ0n) is 14.7. The molecule has 27 heavy (non-hydrogen) atoms. The third-order valence-corrected chi connectivity index (χ3v) is 5.60. The highest BCUT2D eigenvalue weighted by molar-refractivity contribution is 7.15. The number of thiazole rings is 1. The van der Waals surface area contributed by atoms with Gasteiger partial charge in [0.15, 0.2) is 5.82 Å². The number of aromatic nitrogens is 3. The molecular formula is C18H17N5O3S. The molecule has 0 bridgehead atoms.